The van der Waals surface area contributed by atoms with Gasteiger partial charge in [0.2, 0.25) is 0 Å². The number of nitrogens with zero attached hydrogens (tertiary/aromatic N) is 4. The SMILES string of the molecule is CCCn1nnnc1CSCC(O)CO. The van der Waals surface area contributed by atoms with Gasteiger partial charge in [-0.15, -0.1) is 5.10 Å². The molecule has 1 atom stereocenters. The van der Waals surface area contributed by atoms with Crippen LogP contribution < -0.4 is 0 Å². The van der Waals surface area contributed by atoms with E-state index >= 15 is 0 Å². The first-order valence-corrected chi connectivity index (χ1v) is 6.05. The molecule has 0 fully saturated rings. The smallest absolute Gasteiger partial charge is 0.161 e. The van der Waals surface area contributed by atoms with Crippen LogP contribution in [0.3, 0.4) is 0 Å². The van der Waals surface area contributed by atoms with E-state index in [1.165, 1.54) is 11.8 Å². The van der Waals surface area contributed by atoms with Crippen LogP contribution in [0.25, 0.3) is 0 Å². The molecule has 0 amide bonds. The first kappa shape index (κ1) is 12.4. The number of aliphatic hydroxyl groups excluding tert-OH is 2. The van der Waals surface area contributed by atoms with Gasteiger partial charge < -0.3 is 10.2 Å². The van der Waals surface area contributed by atoms with Crippen molar-refractivity contribution in [3.05, 3.63) is 5.82 Å². The van der Waals surface area contributed by atoms with Crippen molar-refractivity contribution in [2.24, 2.45) is 0 Å². The number of aliphatic hydroxyl groups is 2. The standard InChI is InChI=1S/C8H16N4O2S/c1-2-3-12-8(9-10-11-12)6-15-5-7(14)4-13/h7,13-14H,2-6H2,1H3. The summed E-state index contributed by atoms with van der Waals surface area (Å²) in [5.74, 6) is 1.96. The van der Waals surface area contributed by atoms with Gasteiger partial charge in [0.05, 0.1) is 18.5 Å². The second-order valence-corrected chi connectivity index (χ2v) is 4.20. The molecule has 0 aliphatic rings. The molecule has 0 spiro atoms. The van der Waals surface area contributed by atoms with Gasteiger partial charge in [-0.2, -0.15) is 11.8 Å². The normalized spacial score (nSPS) is 13.0. The fraction of sp³-hybridized carbons (Fsp3) is 0.875. The van der Waals surface area contributed by atoms with Gasteiger partial charge in [-0.3, -0.25) is 0 Å². The number of hydrogen-bond donors (Lipinski definition) is 2. The van der Waals surface area contributed by atoms with Crippen LogP contribution in [0.5, 0.6) is 0 Å². The number of aromatic nitrogens is 4. The first-order valence-electron chi connectivity index (χ1n) is 4.89. The van der Waals surface area contributed by atoms with Gasteiger partial charge in [-0.1, -0.05) is 6.92 Å². The molecule has 0 radical (unpaired) electrons. The van der Waals surface area contributed by atoms with Crippen molar-refractivity contribution in [1.29, 1.82) is 0 Å². The molecule has 6 nitrogen and oxygen atoms in total. The van der Waals surface area contributed by atoms with Gasteiger partial charge >= 0.3 is 0 Å². The van der Waals surface area contributed by atoms with Crippen LogP contribution in [0.2, 0.25) is 0 Å². The number of aryl methyl sites for hydroxylation is 1. The third-order valence-corrected chi connectivity index (χ3v) is 2.88. The van der Waals surface area contributed by atoms with Crippen LogP contribution in [0.4, 0.5) is 0 Å². The van der Waals surface area contributed by atoms with Gasteiger partial charge in [-0.25, -0.2) is 4.68 Å². The lowest BCUT2D eigenvalue weighted by molar-refractivity contribution is 0.113. The topological polar surface area (TPSA) is 84.1 Å². The van der Waals surface area contributed by atoms with E-state index in [0.717, 1.165) is 18.8 Å². The Balaban J connectivity index is 2.33. The van der Waals surface area contributed by atoms with Crippen molar-refractivity contribution < 1.29 is 10.2 Å². The molecule has 0 aliphatic heterocycles. The molecule has 1 rings (SSSR count). The molecule has 1 aromatic rings. The van der Waals surface area contributed by atoms with Crippen molar-refractivity contribution in [1.82, 2.24) is 20.2 Å². The molecular weight excluding hydrogens is 216 g/mol. The summed E-state index contributed by atoms with van der Waals surface area (Å²) in [4.78, 5) is 0. The highest BCUT2D eigenvalue weighted by molar-refractivity contribution is 7.98. The maximum atomic E-state index is 9.13. The Labute approximate surface area is 92.7 Å². The van der Waals surface area contributed by atoms with E-state index < -0.39 is 6.10 Å². The van der Waals surface area contributed by atoms with Crippen molar-refractivity contribution >= 4 is 11.8 Å². The molecular formula is C8H16N4O2S. The third kappa shape index (κ3) is 4.15. The summed E-state index contributed by atoms with van der Waals surface area (Å²) in [6, 6.07) is 0. The van der Waals surface area contributed by atoms with E-state index in [1.807, 2.05) is 0 Å². The molecule has 1 unspecified atom stereocenters. The van der Waals surface area contributed by atoms with E-state index in [9.17, 15) is 0 Å². The van der Waals surface area contributed by atoms with Crippen molar-refractivity contribution in [3.63, 3.8) is 0 Å². The second kappa shape index (κ2) is 6.76. The largest absolute Gasteiger partial charge is 0.394 e. The minimum absolute atomic E-state index is 0.201. The molecule has 0 saturated heterocycles. The summed E-state index contributed by atoms with van der Waals surface area (Å²) < 4.78 is 1.76. The summed E-state index contributed by atoms with van der Waals surface area (Å²) in [7, 11) is 0. The average molecular weight is 232 g/mol. The zero-order valence-corrected chi connectivity index (χ0v) is 9.52. The summed E-state index contributed by atoms with van der Waals surface area (Å²) in [5.41, 5.74) is 0. The molecule has 0 aromatic carbocycles. The number of tetrazole rings is 1. The average Bonchev–Trinajstić information content (AvgIpc) is 2.66. The summed E-state index contributed by atoms with van der Waals surface area (Å²) in [6.07, 6.45) is 0.326. The quantitative estimate of drug-likeness (QED) is 0.669. The summed E-state index contributed by atoms with van der Waals surface area (Å²) in [6.45, 7) is 2.67. The minimum Gasteiger partial charge on any atom is -0.394 e. The fourth-order valence-electron chi connectivity index (χ4n) is 1.05. The molecule has 15 heavy (non-hydrogen) atoms. The van der Waals surface area contributed by atoms with Crippen molar-refractivity contribution in [2.45, 2.75) is 31.7 Å². The van der Waals surface area contributed by atoms with E-state index in [1.54, 1.807) is 4.68 Å². The predicted octanol–water partition coefficient (Wildman–Crippen LogP) is -0.331. The third-order valence-electron chi connectivity index (χ3n) is 1.79. The summed E-state index contributed by atoms with van der Waals surface area (Å²) in [5, 5.41) is 29.1. The lowest BCUT2D eigenvalue weighted by atomic mass is 10.4. The van der Waals surface area contributed by atoms with Gasteiger partial charge in [0, 0.05) is 12.3 Å². The van der Waals surface area contributed by atoms with E-state index in [0.29, 0.717) is 11.5 Å². The van der Waals surface area contributed by atoms with Crippen LogP contribution in [0.1, 0.15) is 19.2 Å². The van der Waals surface area contributed by atoms with Crippen LogP contribution in [-0.2, 0) is 12.3 Å². The van der Waals surface area contributed by atoms with Crippen LogP contribution in [0.15, 0.2) is 0 Å². The zero-order chi connectivity index (χ0) is 11.1. The van der Waals surface area contributed by atoms with E-state index in [4.69, 9.17) is 10.2 Å². The Morgan fingerprint density at radius 3 is 3.00 bits per heavy atom. The summed E-state index contributed by atoms with van der Waals surface area (Å²) >= 11 is 1.51. The van der Waals surface area contributed by atoms with E-state index in [2.05, 4.69) is 22.4 Å². The van der Waals surface area contributed by atoms with Crippen LogP contribution >= 0.6 is 11.8 Å². The van der Waals surface area contributed by atoms with Crippen molar-refractivity contribution in [3.8, 4) is 0 Å². The van der Waals surface area contributed by atoms with E-state index in [-0.39, 0.29) is 6.61 Å². The molecule has 1 heterocycles. The van der Waals surface area contributed by atoms with Gasteiger partial charge in [0.1, 0.15) is 0 Å². The lowest BCUT2D eigenvalue weighted by Gasteiger charge is -2.06. The number of rotatable bonds is 7. The lowest BCUT2D eigenvalue weighted by Crippen LogP contribution is -2.15. The Bertz CT molecular complexity index is 281. The molecule has 7 heteroatoms. The number of hydrogen-bond acceptors (Lipinski definition) is 6. The maximum absolute atomic E-state index is 9.13. The molecule has 86 valence electrons. The first-order chi connectivity index (χ1) is 7.27. The fourth-order valence-corrected chi connectivity index (χ4v) is 1.94. The zero-order valence-electron chi connectivity index (χ0n) is 8.70. The Morgan fingerprint density at radius 2 is 2.33 bits per heavy atom. The molecule has 2 N–H and O–H groups in total. The Hall–Kier alpha value is -0.660. The van der Waals surface area contributed by atoms with Gasteiger partial charge in [0.15, 0.2) is 5.82 Å². The Morgan fingerprint density at radius 1 is 1.53 bits per heavy atom. The highest BCUT2D eigenvalue weighted by atomic mass is 32.2. The molecule has 1 aromatic heterocycles. The van der Waals surface area contributed by atoms with Crippen LogP contribution in [-0.4, -0.2) is 48.9 Å². The van der Waals surface area contributed by atoms with Gasteiger partial charge in [0.25, 0.3) is 0 Å². The molecule has 0 saturated carbocycles. The van der Waals surface area contributed by atoms with Crippen molar-refractivity contribution in [2.75, 3.05) is 12.4 Å². The molecule has 0 aliphatic carbocycles. The minimum atomic E-state index is -0.662. The monoisotopic (exact) mass is 232 g/mol. The number of thioether (sulfide) groups is 1. The highest BCUT2D eigenvalue weighted by Crippen LogP contribution is 2.10. The maximum Gasteiger partial charge on any atom is 0.161 e. The van der Waals surface area contributed by atoms with Gasteiger partial charge in [-0.05, 0) is 16.8 Å². The Kier molecular flexibility index (Phi) is 5.59. The predicted molar refractivity (Wildman–Crippen MR) is 57.4 cm³/mol. The highest BCUT2D eigenvalue weighted by Gasteiger charge is 2.07. The van der Waals surface area contributed by atoms with Crippen LogP contribution in [0, 0.1) is 0 Å². The molecule has 0 bridgehead atoms. The second-order valence-electron chi connectivity index (χ2n) is 3.17.